The van der Waals surface area contributed by atoms with Crippen molar-refractivity contribution in [1.29, 1.82) is 0 Å². The smallest absolute Gasteiger partial charge is 0.331 e. The lowest BCUT2D eigenvalue weighted by Gasteiger charge is -2.34. The second-order valence-electron chi connectivity index (χ2n) is 5.12. The molecule has 0 aliphatic heterocycles. The van der Waals surface area contributed by atoms with Crippen molar-refractivity contribution < 1.29 is 19.8 Å². The van der Waals surface area contributed by atoms with Gasteiger partial charge in [0.05, 0.1) is 5.41 Å². The summed E-state index contributed by atoms with van der Waals surface area (Å²) in [6, 6.07) is 9.33. The summed E-state index contributed by atoms with van der Waals surface area (Å²) in [6.07, 6.45) is 4.95. The van der Waals surface area contributed by atoms with Crippen LogP contribution in [0.15, 0.2) is 54.1 Å². The lowest BCUT2D eigenvalue weighted by Crippen LogP contribution is -2.39. The molecule has 1 aromatic carbocycles. The Balaban J connectivity index is 2.41. The van der Waals surface area contributed by atoms with Gasteiger partial charge in [-0.3, -0.25) is 4.79 Å². The normalized spacial score (nSPS) is 25.1. The average Bonchev–Trinajstić information content (AvgIpc) is 2.42. The minimum Gasteiger partial charge on any atom is -0.481 e. The molecule has 20 heavy (non-hydrogen) atoms. The van der Waals surface area contributed by atoms with Gasteiger partial charge in [-0.25, -0.2) is 4.79 Å². The van der Waals surface area contributed by atoms with E-state index in [1.165, 1.54) is 12.2 Å². The molecule has 0 radical (unpaired) electrons. The zero-order valence-corrected chi connectivity index (χ0v) is 11.1. The van der Waals surface area contributed by atoms with Gasteiger partial charge in [-0.05, 0) is 18.9 Å². The number of carboxylic acid groups (broad SMARTS) is 2. The van der Waals surface area contributed by atoms with Crippen LogP contribution in [-0.2, 0) is 16.0 Å². The SMILES string of the molecule is CC1(C(=O)O)C=CC=C(C(=O)O)C1Cc1ccccc1. The van der Waals surface area contributed by atoms with E-state index >= 15 is 0 Å². The number of hydrogen-bond acceptors (Lipinski definition) is 2. The summed E-state index contributed by atoms with van der Waals surface area (Å²) < 4.78 is 0. The monoisotopic (exact) mass is 272 g/mol. The first-order valence-electron chi connectivity index (χ1n) is 6.35. The lowest BCUT2D eigenvalue weighted by atomic mass is 9.68. The van der Waals surface area contributed by atoms with Gasteiger partial charge in [-0.15, -0.1) is 0 Å². The highest BCUT2D eigenvalue weighted by Crippen LogP contribution is 2.40. The van der Waals surface area contributed by atoms with E-state index in [1.807, 2.05) is 30.3 Å². The molecule has 0 bridgehead atoms. The van der Waals surface area contributed by atoms with E-state index < -0.39 is 23.3 Å². The van der Waals surface area contributed by atoms with E-state index in [2.05, 4.69) is 0 Å². The Kier molecular flexibility index (Phi) is 3.74. The third kappa shape index (κ3) is 2.50. The number of rotatable bonds is 4. The van der Waals surface area contributed by atoms with Gasteiger partial charge < -0.3 is 10.2 Å². The third-order valence-electron chi connectivity index (χ3n) is 3.81. The molecule has 1 aromatic rings. The molecule has 2 atom stereocenters. The Morgan fingerprint density at radius 2 is 1.85 bits per heavy atom. The van der Waals surface area contributed by atoms with Gasteiger partial charge in [0.2, 0.25) is 0 Å². The molecule has 1 aliphatic carbocycles. The van der Waals surface area contributed by atoms with Crippen LogP contribution in [0.3, 0.4) is 0 Å². The summed E-state index contributed by atoms with van der Waals surface area (Å²) in [4.78, 5) is 22.9. The van der Waals surface area contributed by atoms with Gasteiger partial charge in [0.15, 0.2) is 0 Å². The maximum absolute atomic E-state index is 11.6. The van der Waals surface area contributed by atoms with Gasteiger partial charge in [0.25, 0.3) is 0 Å². The van der Waals surface area contributed by atoms with E-state index in [1.54, 1.807) is 13.0 Å². The van der Waals surface area contributed by atoms with Crippen LogP contribution in [0.5, 0.6) is 0 Å². The number of carboxylic acids is 2. The van der Waals surface area contributed by atoms with E-state index in [-0.39, 0.29) is 5.57 Å². The molecule has 0 amide bonds. The maximum Gasteiger partial charge on any atom is 0.331 e. The maximum atomic E-state index is 11.6. The average molecular weight is 272 g/mol. The summed E-state index contributed by atoms with van der Waals surface area (Å²) in [5.74, 6) is -2.67. The van der Waals surface area contributed by atoms with Crippen molar-refractivity contribution in [1.82, 2.24) is 0 Å². The van der Waals surface area contributed by atoms with Crippen LogP contribution < -0.4 is 0 Å². The quantitative estimate of drug-likeness (QED) is 0.883. The highest BCUT2D eigenvalue weighted by Gasteiger charge is 2.44. The molecular formula is C16H16O4. The van der Waals surface area contributed by atoms with Gasteiger partial charge in [-0.1, -0.05) is 48.6 Å². The summed E-state index contributed by atoms with van der Waals surface area (Å²) in [6.45, 7) is 1.56. The van der Waals surface area contributed by atoms with Crippen LogP contribution in [0.2, 0.25) is 0 Å². The largest absolute Gasteiger partial charge is 0.481 e. The fourth-order valence-electron chi connectivity index (χ4n) is 2.52. The molecule has 0 fully saturated rings. The Hall–Kier alpha value is -2.36. The highest BCUT2D eigenvalue weighted by molar-refractivity contribution is 5.91. The molecule has 0 heterocycles. The van der Waals surface area contributed by atoms with Gasteiger partial charge in [-0.2, -0.15) is 0 Å². The van der Waals surface area contributed by atoms with Crippen molar-refractivity contribution in [2.75, 3.05) is 0 Å². The summed E-state index contributed by atoms with van der Waals surface area (Å²) in [5.41, 5.74) is -0.146. The number of benzene rings is 1. The second-order valence-corrected chi connectivity index (χ2v) is 5.12. The highest BCUT2D eigenvalue weighted by atomic mass is 16.4. The first kappa shape index (κ1) is 14.1. The van der Waals surface area contributed by atoms with E-state index in [9.17, 15) is 19.8 Å². The molecule has 104 valence electrons. The fraction of sp³-hybridized carbons (Fsp3) is 0.250. The first-order chi connectivity index (χ1) is 9.45. The summed E-state index contributed by atoms with van der Waals surface area (Å²) >= 11 is 0. The fourth-order valence-corrected chi connectivity index (χ4v) is 2.52. The van der Waals surface area contributed by atoms with Crippen LogP contribution >= 0.6 is 0 Å². The predicted octanol–water partition coefficient (Wildman–Crippen LogP) is 2.52. The molecule has 0 saturated carbocycles. The lowest BCUT2D eigenvalue weighted by molar-refractivity contribution is -0.147. The van der Waals surface area contributed by atoms with E-state index in [4.69, 9.17) is 0 Å². The van der Waals surface area contributed by atoms with Crippen molar-refractivity contribution in [3.63, 3.8) is 0 Å². The van der Waals surface area contributed by atoms with Gasteiger partial charge in [0, 0.05) is 11.5 Å². The molecule has 4 heteroatoms. The number of hydrogen-bond donors (Lipinski definition) is 2. The Bertz CT molecular complexity index is 586. The molecule has 2 unspecified atom stereocenters. The molecule has 0 saturated heterocycles. The number of carbonyl (C=O) groups is 2. The zero-order chi connectivity index (χ0) is 14.8. The molecule has 0 spiro atoms. The summed E-state index contributed by atoms with van der Waals surface area (Å²) in [7, 11) is 0. The van der Waals surface area contributed by atoms with Crippen molar-refractivity contribution in [2.24, 2.45) is 11.3 Å². The first-order valence-corrected chi connectivity index (χ1v) is 6.35. The van der Waals surface area contributed by atoms with Crippen LogP contribution in [0.4, 0.5) is 0 Å². The Morgan fingerprint density at radius 3 is 2.40 bits per heavy atom. The molecule has 2 rings (SSSR count). The van der Waals surface area contributed by atoms with Crippen LogP contribution in [0.25, 0.3) is 0 Å². The second kappa shape index (κ2) is 5.33. The van der Waals surface area contributed by atoms with Crippen molar-refractivity contribution in [2.45, 2.75) is 13.3 Å². The minimum absolute atomic E-state index is 0.140. The van der Waals surface area contributed by atoms with Crippen molar-refractivity contribution in [3.8, 4) is 0 Å². The standard InChI is InChI=1S/C16H16O4/c1-16(15(19)20)9-5-8-12(14(17)18)13(16)10-11-6-3-2-4-7-11/h2-9,13H,10H2,1H3,(H,17,18)(H,19,20). The molecule has 4 nitrogen and oxygen atoms in total. The predicted molar refractivity (Wildman–Crippen MR) is 74.2 cm³/mol. The van der Waals surface area contributed by atoms with E-state index in [0.29, 0.717) is 6.42 Å². The van der Waals surface area contributed by atoms with Crippen LogP contribution in [0.1, 0.15) is 12.5 Å². The van der Waals surface area contributed by atoms with Crippen LogP contribution in [-0.4, -0.2) is 22.2 Å². The van der Waals surface area contributed by atoms with Gasteiger partial charge >= 0.3 is 11.9 Å². The zero-order valence-electron chi connectivity index (χ0n) is 11.1. The molecular weight excluding hydrogens is 256 g/mol. The molecule has 0 aromatic heterocycles. The van der Waals surface area contributed by atoms with Crippen LogP contribution in [0, 0.1) is 11.3 Å². The van der Waals surface area contributed by atoms with Crippen molar-refractivity contribution in [3.05, 3.63) is 59.7 Å². The Labute approximate surface area is 117 Å². The molecule has 1 aliphatic rings. The topological polar surface area (TPSA) is 74.6 Å². The number of aliphatic carboxylic acids is 2. The Morgan fingerprint density at radius 1 is 1.20 bits per heavy atom. The minimum atomic E-state index is -1.21. The summed E-state index contributed by atoms with van der Waals surface area (Å²) in [5, 5.41) is 18.8. The van der Waals surface area contributed by atoms with Gasteiger partial charge in [0.1, 0.15) is 0 Å². The third-order valence-corrected chi connectivity index (χ3v) is 3.81. The van der Waals surface area contributed by atoms with Crippen molar-refractivity contribution >= 4 is 11.9 Å². The van der Waals surface area contributed by atoms with E-state index in [0.717, 1.165) is 5.56 Å². The number of allylic oxidation sites excluding steroid dienone is 2. The molecule has 2 N–H and O–H groups in total.